The first kappa shape index (κ1) is 11.2. The molecule has 90 valence electrons. The van der Waals surface area contributed by atoms with Crippen LogP contribution in [0.1, 0.15) is 31.6 Å². The molecule has 1 saturated heterocycles. The van der Waals surface area contributed by atoms with E-state index in [9.17, 15) is 0 Å². The van der Waals surface area contributed by atoms with Crippen molar-refractivity contribution < 1.29 is 0 Å². The highest BCUT2D eigenvalue weighted by Crippen LogP contribution is 2.31. The van der Waals surface area contributed by atoms with Gasteiger partial charge in [0.05, 0.1) is 17.8 Å². The van der Waals surface area contributed by atoms with Gasteiger partial charge in [0.15, 0.2) is 0 Å². The van der Waals surface area contributed by atoms with Crippen LogP contribution in [0.2, 0.25) is 0 Å². The lowest BCUT2D eigenvalue weighted by atomic mass is 10.2. The minimum absolute atomic E-state index is 0.490. The average Bonchev–Trinajstić information content (AvgIpc) is 2.92. The number of hydrogen-bond donors (Lipinski definition) is 0. The topological polar surface area (TPSA) is 20.5 Å². The summed E-state index contributed by atoms with van der Waals surface area (Å²) in [6.45, 7) is 4.54. The second-order valence-corrected chi connectivity index (χ2v) is 5.46. The van der Waals surface area contributed by atoms with Crippen LogP contribution < -0.4 is 0 Å². The Kier molecular flexibility index (Phi) is 2.92. The third kappa shape index (κ3) is 1.89. The van der Waals surface area contributed by atoms with E-state index < -0.39 is 0 Å². The molecule has 4 heteroatoms. The van der Waals surface area contributed by atoms with Crippen LogP contribution in [0, 0.1) is 0 Å². The Morgan fingerprint density at radius 3 is 3.24 bits per heavy atom. The SMILES string of the molecule is CCN1CCCC1c1ncc2cc(Br)ccn12. The van der Waals surface area contributed by atoms with Gasteiger partial charge < -0.3 is 4.40 Å². The number of hydrogen-bond acceptors (Lipinski definition) is 2. The van der Waals surface area contributed by atoms with E-state index in [1.165, 1.54) is 25.2 Å². The molecule has 2 aromatic heterocycles. The molecule has 0 N–H and O–H groups in total. The van der Waals surface area contributed by atoms with Gasteiger partial charge in [-0.1, -0.05) is 22.9 Å². The minimum Gasteiger partial charge on any atom is -0.302 e. The predicted octanol–water partition coefficient (Wildman–Crippen LogP) is 3.25. The van der Waals surface area contributed by atoms with E-state index in [1.807, 2.05) is 6.20 Å². The monoisotopic (exact) mass is 293 g/mol. The smallest absolute Gasteiger partial charge is 0.130 e. The Labute approximate surface area is 110 Å². The summed E-state index contributed by atoms with van der Waals surface area (Å²) < 4.78 is 3.32. The molecule has 17 heavy (non-hydrogen) atoms. The van der Waals surface area contributed by atoms with Crippen molar-refractivity contribution in [3.8, 4) is 0 Å². The molecular formula is C13H16BrN3. The Balaban J connectivity index is 2.05. The molecule has 3 rings (SSSR count). The molecule has 0 bridgehead atoms. The quantitative estimate of drug-likeness (QED) is 0.847. The highest BCUT2D eigenvalue weighted by molar-refractivity contribution is 9.10. The van der Waals surface area contributed by atoms with E-state index in [1.54, 1.807) is 0 Å². The number of halogens is 1. The molecule has 3 nitrogen and oxygen atoms in total. The molecule has 1 unspecified atom stereocenters. The van der Waals surface area contributed by atoms with Crippen molar-refractivity contribution >= 4 is 21.4 Å². The third-order valence-corrected chi connectivity index (χ3v) is 4.08. The van der Waals surface area contributed by atoms with E-state index in [0.29, 0.717) is 6.04 Å². The third-order valence-electron chi connectivity index (χ3n) is 3.59. The van der Waals surface area contributed by atoms with Gasteiger partial charge in [0.2, 0.25) is 0 Å². The molecular weight excluding hydrogens is 278 g/mol. The largest absolute Gasteiger partial charge is 0.302 e. The Bertz CT molecular complexity index is 534. The fourth-order valence-electron chi connectivity index (χ4n) is 2.74. The normalized spacial score (nSPS) is 21.4. The van der Waals surface area contributed by atoms with E-state index in [2.05, 4.69) is 55.5 Å². The first-order valence-corrected chi connectivity index (χ1v) is 6.95. The Morgan fingerprint density at radius 1 is 1.53 bits per heavy atom. The molecule has 0 spiro atoms. The van der Waals surface area contributed by atoms with Gasteiger partial charge in [-0.2, -0.15) is 0 Å². The lowest BCUT2D eigenvalue weighted by molar-refractivity contribution is 0.261. The molecule has 2 aromatic rings. The summed E-state index contributed by atoms with van der Waals surface area (Å²) in [6.07, 6.45) is 6.58. The predicted molar refractivity (Wildman–Crippen MR) is 72.1 cm³/mol. The van der Waals surface area contributed by atoms with Crippen LogP contribution in [-0.4, -0.2) is 27.4 Å². The lowest BCUT2D eigenvalue weighted by Gasteiger charge is -2.21. The molecule has 1 aliphatic rings. The second kappa shape index (κ2) is 4.42. The Morgan fingerprint density at radius 2 is 2.41 bits per heavy atom. The summed E-state index contributed by atoms with van der Waals surface area (Å²) in [6, 6.07) is 4.68. The van der Waals surface area contributed by atoms with Crippen molar-refractivity contribution in [1.29, 1.82) is 0 Å². The first-order valence-electron chi connectivity index (χ1n) is 6.16. The summed E-state index contributed by atoms with van der Waals surface area (Å²) in [5, 5.41) is 0. The van der Waals surface area contributed by atoms with Crippen molar-refractivity contribution in [3.05, 3.63) is 34.8 Å². The van der Waals surface area contributed by atoms with Gasteiger partial charge in [-0.3, -0.25) is 4.90 Å². The van der Waals surface area contributed by atoms with Crippen LogP contribution in [0.3, 0.4) is 0 Å². The van der Waals surface area contributed by atoms with E-state index in [4.69, 9.17) is 0 Å². The minimum atomic E-state index is 0.490. The molecule has 0 radical (unpaired) electrons. The summed E-state index contributed by atoms with van der Waals surface area (Å²) in [5.74, 6) is 1.19. The zero-order valence-corrected chi connectivity index (χ0v) is 11.5. The number of rotatable bonds is 2. The number of likely N-dealkylation sites (tertiary alicyclic amines) is 1. The number of pyridine rings is 1. The van der Waals surface area contributed by atoms with Crippen LogP contribution in [0.5, 0.6) is 0 Å². The summed E-state index contributed by atoms with van der Waals surface area (Å²) in [7, 11) is 0. The second-order valence-electron chi connectivity index (χ2n) is 4.54. The van der Waals surface area contributed by atoms with Crippen molar-refractivity contribution in [2.75, 3.05) is 13.1 Å². The zero-order chi connectivity index (χ0) is 11.8. The highest BCUT2D eigenvalue weighted by Gasteiger charge is 2.27. The van der Waals surface area contributed by atoms with Gasteiger partial charge in [0.25, 0.3) is 0 Å². The Hall–Kier alpha value is -0.870. The number of nitrogens with zero attached hydrogens (tertiary/aromatic N) is 3. The molecule has 1 atom stereocenters. The van der Waals surface area contributed by atoms with Crippen molar-refractivity contribution in [1.82, 2.24) is 14.3 Å². The fourth-order valence-corrected chi connectivity index (χ4v) is 3.09. The van der Waals surface area contributed by atoms with Crippen LogP contribution in [-0.2, 0) is 0 Å². The van der Waals surface area contributed by atoms with Gasteiger partial charge >= 0.3 is 0 Å². The van der Waals surface area contributed by atoms with Crippen LogP contribution in [0.25, 0.3) is 5.52 Å². The van der Waals surface area contributed by atoms with Crippen LogP contribution in [0.4, 0.5) is 0 Å². The lowest BCUT2D eigenvalue weighted by Crippen LogP contribution is -2.24. The molecule has 0 saturated carbocycles. The maximum atomic E-state index is 4.62. The molecule has 3 heterocycles. The van der Waals surface area contributed by atoms with Crippen molar-refractivity contribution in [2.45, 2.75) is 25.8 Å². The summed E-state index contributed by atoms with van der Waals surface area (Å²) >= 11 is 3.50. The highest BCUT2D eigenvalue weighted by atomic mass is 79.9. The fraction of sp³-hybridized carbons (Fsp3) is 0.462. The van der Waals surface area contributed by atoms with Gasteiger partial charge in [0, 0.05) is 10.7 Å². The summed E-state index contributed by atoms with van der Waals surface area (Å²) in [5.41, 5.74) is 1.16. The summed E-state index contributed by atoms with van der Waals surface area (Å²) in [4.78, 5) is 7.13. The number of aromatic nitrogens is 2. The molecule has 1 fully saturated rings. The van der Waals surface area contributed by atoms with Crippen LogP contribution in [0.15, 0.2) is 29.0 Å². The van der Waals surface area contributed by atoms with Gasteiger partial charge in [-0.15, -0.1) is 0 Å². The zero-order valence-electron chi connectivity index (χ0n) is 9.93. The van der Waals surface area contributed by atoms with Gasteiger partial charge in [0.1, 0.15) is 5.82 Å². The molecule has 0 aromatic carbocycles. The van der Waals surface area contributed by atoms with Crippen LogP contribution >= 0.6 is 15.9 Å². The molecule has 0 amide bonds. The van der Waals surface area contributed by atoms with Gasteiger partial charge in [-0.25, -0.2) is 4.98 Å². The molecule has 0 aliphatic carbocycles. The first-order chi connectivity index (χ1) is 8.29. The standard InChI is InChI=1S/C13H16BrN3/c1-2-16-6-3-4-12(16)13-15-9-11-8-10(14)5-7-17(11)13/h5,7-9,12H,2-4,6H2,1H3. The molecule has 1 aliphatic heterocycles. The van der Waals surface area contributed by atoms with Crippen molar-refractivity contribution in [3.63, 3.8) is 0 Å². The maximum Gasteiger partial charge on any atom is 0.130 e. The number of fused-ring (bicyclic) bond motifs is 1. The van der Waals surface area contributed by atoms with E-state index >= 15 is 0 Å². The number of imidazole rings is 1. The van der Waals surface area contributed by atoms with Crippen molar-refractivity contribution in [2.24, 2.45) is 0 Å². The van der Waals surface area contributed by atoms with Gasteiger partial charge in [-0.05, 0) is 38.1 Å². The van der Waals surface area contributed by atoms with E-state index in [-0.39, 0.29) is 0 Å². The van der Waals surface area contributed by atoms with E-state index in [0.717, 1.165) is 16.5 Å². The maximum absolute atomic E-state index is 4.62. The average molecular weight is 294 g/mol.